The SMILES string of the molecule is CC1(C(=O)O)CCC(C(=O)N[C@@H](Cc2ccc(NC(=O)c3cccc4c3Cc3ccccc3-4)cc2)C(=O)O)C1(C)C. The molecule has 3 aromatic rings. The minimum atomic E-state index is -1.18. The fraction of sp³-hybridized carbons (Fsp3) is 0.333. The number of carboxylic acids is 2. The van der Waals surface area contributed by atoms with Gasteiger partial charge in [-0.3, -0.25) is 14.4 Å². The minimum absolute atomic E-state index is 0.0447. The molecule has 0 radical (unpaired) electrons. The molecule has 0 bridgehead atoms. The molecule has 8 heteroatoms. The van der Waals surface area contributed by atoms with Crippen molar-refractivity contribution in [1.29, 1.82) is 0 Å². The van der Waals surface area contributed by atoms with Gasteiger partial charge in [0.15, 0.2) is 0 Å². The first kappa shape index (κ1) is 28.1. The number of hydrogen-bond acceptors (Lipinski definition) is 4. The summed E-state index contributed by atoms with van der Waals surface area (Å²) in [7, 11) is 0. The van der Waals surface area contributed by atoms with E-state index < -0.39 is 40.6 Å². The molecule has 5 rings (SSSR count). The third kappa shape index (κ3) is 4.99. The number of amides is 2. The van der Waals surface area contributed by atoms with Crippen molar-refractivity contribution in [3.8, 4) is 11.1 Å². The van der Waals surface area contributed by atoms with E-state index in [1.54, 1.807) is 45.0 Å². The molecule has 3 atom stereocenters. The van der Waals surface area contributed by atoms with Crippen LogP contribution in [-0.4, -0.2) is 40.0 Å². The number of rotatable bonds is 8. The highest BCUT2D eigenvalue weighted by atomic mass is 16.4. The number of aliphatic carboxylic acids is 2. The third-order valence-electron chi connectivity index (χ3n) is 9.38. The van der Waals surface area contributed by atoms with Gasteiger partial charge in [-0.2, -0.15) is 0 Å². The number of fused-ring (bicyclic) bond motifs is 3. The van der Waals surface area contributed by atoms with Crippen LogP contribution < -0.4 is 10.6 Å². The van der Waals surface area contributed by atoms with Crippen LogP contribution in [0.4, 0.5) is 5.69 Å². The van der Waals surface area contributed by atoms with Crippen LogP contribution in [0.3, 0.4) is 0 Å². The van der Waals surface area contributed by atoms with E-state index >= 15 is 0 Å². The monoisotopic (exact) mass is 554 g/mol. The molecule has 2 amide bonds. The quantitative estimate of drug-likeness (QED) is 0.238. The molecule has 1 saturated carbocycles. The number of anilines is 1. The zero-order chi connectivity index (χ0) is 29.5. The smallest absolute Gasteiger partial charge is 0.326 e. The molecule has 0 heterocycles. The molecule has 0 aliphatic heterocycles. The first-order valence-corrected chi connectivity index (χ1v) is 13.8. The van der Waals surface area contributed by atoms with Crippen molar-refractivity contribution < 1.29 is 29.4 Å². The second-order valence-corrected chi connectivity index (χ2v) is 11.9. The summed E-state index contributed by atoms with van der Waals surface area (Å²) in [6.45, 7) is 5.15. The van der Waals surface area contributed by atoms with Crippen LogP contribution in [0, 0.1) is 16.7 Å². The van der Waals surface area contributed by atoms with Crippen LogP contribution >= 0.6 is 0 Å². The van der Waals surface area contributed by atoms with Crippen LogP contribution in [0.2, 0.25) is 0 Å². The highest BCUT2D eigenvalue weighted by molar-refractivity contribution is 6.07. The van der Waals surface area contributed by atoms with Gasteiger partial charge in [0.25, 0.3) is 5.91 Å². The lowest BCUT2D eigenvalue weighted by Crippen LogP contribution is -2.49. The molecule has 4 N–H and O–H groups in total. The molecule has 1 fully saturated rings. The number of hydrogen-bond donors (Lipinski definition) is 4. The van der Waals surface area contributed by atoms with E-state index in [0.29, 0.717) is 36.1 Å². The molecule has 41 heavy (non-hydrogen) atoms. The molecular formula is C33H34N2O6. The van der Waals surface area contributed by atoms with Gasteiger partial charge in [-0.05, 0) is 77.6 Å². The second-order valence-electron chi connectivity index (χ2n) is 11.9. The van der Waals surface area contributed by atoms with E-state index in [0.717, 1.165) is 16.7 Å². The first-order chi connectivity index (χ1) is 19.4. The number of carbonyl (C=O) groups is 4. The summed E-state index contributed by atoms with van der Waals surface area (Å²) in [6.07, 6.45) is 1.46. The summed E-state index contributed by atoms with van der Waals surface area (Å²) in [5.74, 6) is -3.41. The maximum Gasteiger partial charge on any atom is 0.326 e. The van der Waals surface area contributed by atoms with Gasteiger partial charge < -0.3 is 20.8 Å². The van der Waals surface area contributed by atoms with Crippen molar-refractivity contribution in [3.05, 3.63) is 89.0 Å². The van der Waals surface area contributed by atoms with Gasteiger partial charge in [-0.15, -0.1) is 0 Å². The van der Waals surface area contributed by atoms with Gasteiger partial charge >= 0.3 is 11.9 Å². The Morgan fingerprint density at radius 3 is 2.24 bits per heavy atom. The van der Waals surface area contributed by atoms with Gasteiger partial charge in [0.05, 0.1) is 5.41 Å². The van der Waals surface area contributed by atoms with Crippen molar-refractivity contribution >= 4 is 29.4 Å². The molecule has 2 unspecified atom stereocenters. The largest absolute Gasteiger partial charge is 0.481 e. The normalized spacial score (nSPS) is 20.9. The summed E-state index contributed by atoms with van der Waals surface area (Å²) in [5.41, 5.74) is 4.36. The standard InChI is InChI=1S/C33H34N2O6/c1-32(2)26(15-16-33(32,3)31(40)41)29(37)35-27(30(38)39)17-19-11-13-21(14-12-19)34-28(36)24-10-6-9-23-22-8-5-4-7-20(22)18-25(23)24/h4-14,26-27H,15-18H2,1-3H3,(H,34,36)(H,35,37)(H,38,39)(H,40,41)/t26?,27-,33?/m0/s1. The maximum atomic E-state index is 13.2. The van der Waals surface area contributed by atoms with Crippen LogP contribution in [0.15, 0.2) is 66.7 Å². The Kier molecular flexibility index (Phi) is 7.19. The van der Waals surface area contributed by atoms with Crippen molar-refractivity contribution in [2.24, 2.45) is 16.7 Å². The summed E-state index contributed by atoms with van der Waals surface area (Å²) in [5, 5.41) is 25.1. The number of carboxylic acid groups (broad SMARTS) is 2. The lowest BCUT2D eigenvalue weighted by Gasteiger charge is -2.38. The average Bonchev–Trinajstić information content (AvgIpc) is 3.43. The van der Waals surface area contributed by atoms with E-state index in [-0.39, 0.29) is 12.3 Å². The summed E-state index contributed by atoms with van der Waals surface area (Å²) in [4.78, 5) is 50.2. The Bertz CT molecular complexity index is 1540. The molecule has 0 spiro atoms. The van der Waals surface area contributed by atoms with Crippen LogP contribution in [-0.2, 0) is 27.2 Å². The molecule has 2 aliphatic carbocycles. The highest BCUT2D eigenvalue weighted by Crippen LogP contribution is 2.56. The molecule has 0 saturated heterocycles. The molecule has 3 aromatic carbocycles. The number of benzene rings is 3. The lowest BCUT2D eigenvalue weighted by atomic mass is 9.65. The minimum Gasteiger partial charge on any atom is -0.481 e. The second kappa shape index (κ2) is 10.5. The molecule has 8 nitrogen and oxygen atoms in total. The highest BCUT2D eigenvalue weighted by Gasteiger charge is 2.58. The van der Waals surface area contributed by atoms with Gasteiger partial charge in [0.1, 0.15) is 6.04 Å². The van der Waals surface area contributed by atoms with Gasteiger partial charge in [-0.25, -0.2) is 4.79 Å². The van der Waals surface area contributed by atoms with E-state index in [9.17, 15) is 29.4 Å². The van der Waals surface area contributed by atoms with Crippen LogP contribution in [0.5, 0.6) is 0 Å². The topological polar surface area (TPSA) is 133 Å². The first-order valence-electron chi connectivity index (χ1n) is 13.8. The summed E-state index contributed by atoms with van der Waals surface area (Å²) in [6, 6.07) is 19.6. The van der Waals surface area contributed by atoms with E-state index in [2.05, 4.69) is 22.8 Å². The fourth-order valence-corrected chi connectivity index (χ4v) is 6.34. The maximum absolute atomic E-state index is 13.2. The number of carbonyl (C=O) groups excluding carboxylic acids is 2. The Morgan fingerprint density at radius 2 is 1.59 bits per heavy atom. The molecule has 2 aliphatic rings. The van der Waals surface area contributed by atoms with Gasteiger partial charge in [-0.1, -0.05) is 62.4 Å². The Labute approximate surface area is 238 Å². The van der Waals surface area contributed by atoms with E-state index in [1.807, 2.05) is 30.3 Å². The summed E-state index contributed by atoms with van der Waals surface area (Å²) < 4.78 is 0. The molecular weight excluding hydrogens is 520 g/mol. The number of nitrogens with one attached hydrogen (secondary N) is 2. The zero-order valence-corrected chi connectivity index (χ0v) is 23.4. The Balaban J connectivity index is 1.24. The van der Waals surface area contributed by atoms with Crippen molar-refractivity contribution in [2.75, 3.05) is 5.32 Å². The average molecular weight is 555 g/mol. The van der Waals surface area contributed by atoms with E-state index in [4.69, 9.17) is 0 Å². The van der Waals surface area contributed by atoms with E-state index in [1.165, 1.54) is 5.56 Å². The zero-order valence-electron chi connectivity index (χ0n) is 23.4. The fourth-order valence-electron chi connectivity index (χ4n) is 6.34. The molecule has 0 aromatic heterocycles. The molecule has 212 valence electrons. The van der Waals surface area contributed by atoms with Crippen molar-refractivity contribution in [3.63, 3.8) is 0 Å². The van der Waals surface area contributed by atoms with Crippen LogP contribution in [0.25, 0.3) is 11.1 Å². The summed E-state index contributed by atoms with van der Waals surface area (Å²) >= 11 is 0. The van der Waals surface area contributed by atoms with Crippen LogP contribution in [0.1, 0.15) is 60.7 Å². The van der Waals surface area contributed by atoms with Gasteiger partial charge in [0, 0.05) is 23.6 Å². The van der Waals surface area contributed by atoms with Gasteiger partial charge in [0.2, 0.25) is 5.91 Å². The third-order valence-corrected chi connectivity index (χ3v) is 9.38. The Hall–Kier alpha value is -4.46. The Morgan fingerprint density at radius 1 is 0.902 bits per heavy atom. The van der Waals surface area contributed by atoms with Crippen molar-refractivity contribution in [2.45, 2.75) is 52.5 Å². The predicted molar refractivity (Wildman–Crippen MR) is 155 cm³/mol. The predicted octanol–water partition coefficient (Wildman–Crippen LogP) is 5.15. The lowest BCUT2D eigenvalue weighted by molar-refractivity contribution is -0.155. The van der Waals surface area contributed by atoms with Crippen molar-refractivity contribution in [1.82, 2.24) is 5.32 Å².